The average molecular weight is 694 g/mol. The van der Waals surface area contributed by atoms with E-state index in [4.69, 9.17) is 14.0 Å². The van der Waals surface area contributed by atoms with E-state index in [0.717, 1.165) is 34.5 Å². The highest BCUT2D eigenvalue weighted by Gasteiger charge is 2.68. The van der Waals surface area contributed by atoms with Crippen LogP contribution in [0, 0.1) is 29.1 Å². The van der Waals surface area contributed by atoms with Crippen LogP contribution >= 0.6 is 0 Å². The lowest BCUT2D eigenvalue weighted by Crippen LogP contribution is -2.65. The first-order valence-electron chi connectivity index (χ1n) is 18.8. The number of carbonyl (C=O) groups excluding carboxylic acids is 2. The Hall–Kier alpha value is -3.82. The van der Waals surface area contributed by atoms with E-state index in [1.54, 1.807) is 7.11 Å². The van der Waals surface area contributed by atoms with E-state index in [0.29, 0.717) is 30.6 Å². The van der Waals surface area contributed by atoms with Crippen LogP contribution in [0.15, 0.2) is 78.9 Å². The Morgan fingerprint density at radius 3 is 2.24 bits per heavy atom. The van der Waals surface area contributed by atoms with Crippen molar-refractivity contribution in [2.45, 2.75) is 104 Å². The van der Waals surface area contributed by atoms with Crippen molar-refractivity contribution >= 4 is 24.6 Å². The number of hydrogen-bond donors (Lipinski definition) is 3. The first kappa shape index (κ1) is 37.0. The van der Waals surface area contributed by atoms with Crippen LogP contribution in [-0.4, -0.2) is 55.8 Å². The minimum Gasteiger partial charge on any atom is -0.497 e. The Morgan fingerprint density at radius 1 is 0.882 bits per heavy atom. The van der Waals surface area contributed by atoms with Crippen molar-refractivity contribution in [2.24, 2.45) is 29.1 Å². The Balaban J connectivity index is 1.19. The van der Waals surface area contributed by atoms with Crippen molar-refractivity contribution in [2.75, 3.05) is 12.4 Å². The Bertz CT molecular complexity index is 1660. The molecule has 3 N–H and O–H groups in total. The van der Waals surface area contributed by atoms with Gasteiger partial charge in [0.1, 0.15) is 17.8 Å². The summed E-state index contributed by atoms with van der Waals surface area (Å²) >= 11 is 0. The third-order valence-electron chi connectivity index (χ3n) is 11.8. The van der Waals surface area contributed by atoms with Crippen LogP contribution in [-0.2, 0) is 25.3 Å². The fraction of sp³-hybridized carbons (Fsp3) is 0.524. The number of ether oxygens (including phenoxy) is 1. The van der Waals surface area contributed by atoms with Crippen LogP contribution in [0.25, 0.3) is 11.1 Å². The van der Waals surface area contributed by atoms with Gasteiger partial charge < -0.3 is 30.0 Å². The van der Waals surface area contributed by atoms with Gasteiger partial charge in [-0.2, -0.15) is 0 Å². The number of benzene rings is 3. The molecule has 51 heavy (non-hydrogen) atoms. The van der Waals surface area contributed by atoms with Crippen molar-refractivity contribution in [1.29, 1.82) is 0 Å². The molecule has 3 aromatic rings. The van der Waals surface area contributed by atoms with Gasteiger partial charge in [-0.05, 0) is 96.2 Å². The van der Waals surface area contributed by atoms with Gasteiger partial charge in [0.2, 0.25) is 11.8 Å². The summed E-state index contributed by atoms with van der Waals surface area (Å²) < 4.78 is 18.8. The molecule has 4 fully saturated rings. The summed E-state index contributed by atoms with van der Waals surface area (Å²) in [5.74, 6) is 1.15. The predicted molar refractivity (Wildman–Crippen MR) is 204 cm³/mol. The predicted octanol–water partition coefficient (Wildman–Crippen LogP) is 7.32. The molecule has 3 aliphatic carbocycles. The molecule has 0 unspecified atom stereocenters. The molecular formula is C42H56BN3O5. The monoisotopic (exact) mass is 693 g/mol. The van der Waals surface area contributed by atoms with Gasteiger partial charge in [-0.25, -0.2) is 0 Å². The largest absolute Gasteiger partial charge is 0.497 e. The Kier molecular flexibility index (Phi) is 10.9. The maximum atomic E-state index is 14.3. The molecule has 4 aliphatic rings. The molecule has 1 aliphatic heterocycles. The molecular weight excluding hydrogens is 637 g/mol. The van der Waals surface area contributed by atoms with Crippen LogP contribution < -0.4 is 20.7 Å². The van der Waals surface area contributed by atoms with E-state index < -0.39 is 19.2 Å². The van der Waals surface area contributed by atoms with Crippen molar-refractivity contribution in [3.63, 3.8) is 0 Å². The van der Waals surface area contributed by atoms with E-state index in [9.17, 15) is 9.59 Å². The first-order valence-corrected chi connectivity index (χ1v) is 18.8. The van der Waals surface area contributed by atoms with E-state index in [1.807, 2.05) is 68.4 Å². The third kappa shape index (κ3) is 7.85. The van der Waals surface area contributed by atoms with E-state index in [1.165, 1.54) is 6.42 Å². The van der Waals surface area contributed by atoms with Gasteiger partial charge in [-0.1, -0.05) is 96.1 Å². The fourth-order valence-corrected chi connectivity index (χ4v) is 8.71. The summed E-state index contributed by atoms with van der Waals surface area (Å²) in [5, 5.41) is 9.92. The summed E-state index contributed by atoms with van der Waals surface area (Å²) in [5.41, 5.74) is 3.79. The summed E-state index contributed by atoms with van der Waals surface area (Å²) in [7, 11) is 1.10. The molecule has 2 bridgehead atoms. The highest BCUT2D eigenvalue weighted by Crippen LogP contribution is 2.65. The lowest BCUT2D eigenvalue weighted by Gasteiger charge is -2.64. The smallest absolute Gasteiger partial charge is 0.481 e. The van der Waals surface area contributed by atoms with Gasteiger partial charge in [-0.3, -0.25) is 9.59 Å². The number of amides is 2. The summed E-state index contributed by atoms with van der Waals surface area (Å²) in [6, 6.07) is 24.5. The molecule has 3 saturated carbocycles. The summed E-state index contributed by atoms with van der Waals surface area (Å²) in [6.07, 6.45) is 3.29. The lowest BCUT2D eigenvalue weighted by atomic mass is 9.43. The quantitative estimate of drug-likeness (QED) is 0.153. The van der Waals surface area contributed by atoms with Crippen LogP contribution in [0.2, 0.25) is 0 Å². The van der Waals surface area contributed by atoms with E-state index in [2.05, 4.69) is 74.8 Å². The lowest BCUT2D eigenvalue weighted by molar-refractivity contribution is -0.199. The number of methoxy groups -OCH3 is 1. The maximum absolute atomic E-state index is 14.3. The second-order valence-corrected chi connectivity index (χ2v) is 16.5. The number of nitrogens with one attached hydrogen (secondary N) is 3. The van der Waals surface area contributed by atoms with Gasteiger partial charge in [0.05, 0.1) is 24.8 Å². The van der Waals surface area contributed by atoms with E-state index >= 15 is 0 Å². The van der Waals surface area contributed by atoms with Crippen LogP contribution in [0.1, 0.15) is 73.3 Å². The topological polar surface area (TPSA) is 97.9 Å². The summed E-state index contributed by atoms with van der Waals surface area (Å²) in [6.45, 7) is 15.1. The Morgan fingerprint density at radius 2 is 1.59 bits per heavy atom. The zero-order chi connectivity index (χ0) is 36.5. The number of hydrogen-bond acceptors (Lipinski definition) is 6. The van der Waals surface area contributed by atoms with Gasteiger partial charge in [0.25, 0.3) is 0 Å². The fourth-order valence-electron chi connectivity index (χ4n) is 8.71. The summed E-state index contributed by atoms with van der Waals surface area (Å²) in [4.78, 5) is 28.4. The molecule has 8 nitrogen and oxygen atoms in total. The second kappa shape index (κ2) is 15.0. The molecule has 3 aromatic carbocycles. The minimum atomic E-state index is -0.756. The zero-order valence-electron chi connectivity index (χ0n) is 31.6. The van der Waals surface area contributed by atoms with Crippen LogP contribution in [0.4, 0.5) is 5.69 Å². The molecule has 7 rings (SSSR count). The molecule has 0 aromatic heterocycles. The standard InChI is InChI=1S/C42H56BN3O5/c1-26(2)21-37(43-50-36-25-31-24-35(41(31,5)6)42(36,7)51-43)45-40(48)38(27(3)4)46-39(47)34(22-28-17-19-33(49-8)20-18-28)44-32-16-12-15-30(23-32)29-13-10-9-11-14-29/h9-20,23,26-27,31,34-38,44H,21-22,24-25H2,1-8H3,(H,45,48)(H,46,47)/t31-,34-,35-,36+,37-,38-,42-/m0/s1. The zero-order valence-corrected chi connectivity index (χ0v) is 31.6. The van der Waals surface area contributed by atoms with Gasteiger partial charge in [-0.15, -0.1) is 0 Å². The molecule has 272 valence electrons. The Labute approximate surface area is 304 Å². The van der Waals surface area contributed by atoms with Gasteiger partial charge in [0, 0.05) is 12.1 Å². The van der Waals surface area contributed by atoms with Crippen LogP contribution in [0.5, 0.6) is 5.75 Å². The molecule has 0 spiro atoms. The highest BCUT2D eigenvalue weighted by molar-refractivity contribution is 6.48. The van der Waals surface area contributed by atoms with Crippen molar-refractivity contribution < 1.29 is 23.6 Å². The van der Waals surface area contributed by atoms with Crippen molar-refractivity contribution in [3.05, 3.63) is 84.4 Å². The number of anilines is 1. The molecule has 1 saturated heterocycles. The van der Waals surface area contributed by atoms with Crippen molar-refractivity contribution in [1.82, 2.24) is 10.6 Å². The minimum absolute atomic E-state index is 0.0246. The normalized spacial score (nSPS) is 25.0. The van der Waals surface area contributed by atoms with Gasteiger partial charge in [0.15, 0.2) is 0 Å². The molecule has 9 heteroatoms. The second-order valence-electron chi connectivity index (χ2n) is 16.5. The third-order valence-corrected chi connectivity index (χ3v) is 11.8. The molecule has 2 amide bonds. The van der Waals surface area contributed by atoms with E-state index in [-0.39, 0.29) is 40.8 Å². The molecule has 0 radical (unpaired) electrons. The number of carbonyl (C=O) groups is 2. The first-order chi connectivity index (χ1) is 24.3. The maximum Gasteiger partial charge on any atom is 0.481 e. The number of rotatable bonds is 14. The van der Waals surface area contributed by atoms with Gasteiger partial charge >= 0.3 is 7.12 Å². The van der Waals surface area contributed by atoms with Crippen molar-refractivity contribution in [3.8, 4) is 16.9 Å². The molecule has 7 atom stereocenters. The average Bonchev–Trinajstić information content (AvgIpc) is 3.47. The van der Waals surface area contributed by atoms with Crippen LogP contribution in [0.3, 0.4) is 0 Å². The SMILES string of the molecule is COc1ccc(C[C@H](Nc2cccc(-c3ccccc3)c2)C(=O)N[C@H](C(=O)N[C@@H](CC(C)C)B2O[C@@H]3C[C@@H]4C[C@@H](C4(C)C)[C@]3(C)O2)C(C)C)cc1. The molecule has 1 heterocycles. The highest BCUT2D eigenvalue weighted by atomic mass is 16.7.